The van der Waals surface area contributed by atoms with E-state index in [9.17, 15) is 4.39 Å². The van der Waals surface area contributed by atoms with Crippen LogP contribution >= 0.6 is 0 Å². The van der Waals surface area contributed by atoms with E-state index in [0.29, 0.717) is 12.1 Å². The number of rotatable bonds is 2. The van der Waals surface area contributed by atoms with Gasteiger partial charge < -0.3 is 0 Å². The summed E-state index contributed by atoms with van der Waals surface area (Å²) >= 11 is 0. The van der Waals surface area contributed by atoms with Gasteiger partial charge in [-0.2, -0.15) is 0 Å². The summed E-state index contributed by atoms with van der Waals surface area (Å²) in [6, 6.07) is 1.56. The van der Waals surface area contributed by atoms with E-state index in [-0.39, 0.29) is 5.82 Å². The maximum Gasteiger partial charge on any atom is 0.144 e. The SMILES string of the molecule is CCc1cnc(CC)c(F)c1. The normalized spacial score (nSPS) is 10.1. The highest BCUT2D eigenvalue weighted by molar-refractivity contribution is 5.15. The molecule has 0 fully saturated rings. The van der Waals surface area contributed by atoms with Crippen LogP contribution in [0.4, 0.5) is 4.39 Å². The number of hydrogen-bond acceptors (Lipinski definition) is 1. The van der Waals surface area contributed by atoms with Crippen LogP contribution in [-0.4, -0.2) is 4.98 Å². The van der Waals surface area contributed by atoms with Gasteiger partial charge in [0.2, 0.25) is 0 Å². The van der Waals surface area contributed by atoms with Crippen LogP contribution in [0.1, 0.15) is 25.1 Å². The first-order valence-electron chi connectivity index (χ1n) is 3.91. The first-order chi connectivity index (χ1) is 5.27. The molecule has 1 heterocycles. The average molecular weight is 153 g/mol. The molecule has 11 heavy (non-hydrogen) atoms. The second kappa shape index (κ2) is 3.46. The Morgan fingerprint density at radius 1 is 1.36 bits per heavy atom. The maximum absolute atomic E-state index is 13.0. The Bertz CT molecular complexity index is 245. The molecule has 0 aromatic carbocycles. The highest BCUT2D eigenvalue weighted by Gasteiger charge is 2.00. The summed E-state index contributed by atoms with van der Waals surface area (Å²) in [4.78, 5) is 3.99. The minimum Gasteiger partial charge on any atom is -0.258 e. The van der Waals surface area contributed by atoms with Gasteiger partial charge >= 0.3 is 0 Å². The van der Waals surface area contributed by atoms with E-state index in [0.717, 1.165) is 12.0 Å². The summed E-state index contributed by atoms with van der Waals surface area (Å²) in [5.41, 5.74) is 1.52. The average Bonchev–Trinajstić information content (AvgIpc) is 2.04. The predicted molar refractivity (Wildman–Crippen MR) is 43.0 cm³/mol. The smallest absolute Gasteiger partial charge is 0.144 e. The van der Waals surface area contributed by atoms with Crippen molar-refractivity contribution in [1.82, 2.24) is 4.98 Å². The van der Waals surface area contributed by atoms with E-state index in [1.165, 1.54) is 0 Å². The lowest BCUT2D eigenvalue weighted by Crippen LogP contribution is -1.94. The fourth-order valence-electron chi connectivity index (χ4n) is 0.959. The Kier molecular flexibility index (Phi) is 2.58. The summed E-state index contributed by atoms with van der Waals surface area (Å²) in [5.74, 6) is -0.174. The third-order valence-electron chi connectivity index (χ3n) is 1.72. The molecular formula is C9H12FN. The van der Waals surface area contributed by atoms with Crippen molar-refractivity contribution in [3.05, 3.63) is 29.3 Å². The summed E-state index contributed by atoms with van der Waals surface area (Å²) in [5, 5.41) is 0. The number of halogens is 1. The van der Waals surface area contributed by atoms with Gasteiger partial charge in [-0.1, -0.05) is 13.8 Å². The monoisotopic (exact) mass is 153 g/mol. The minimum absolute atomic E-state index is 0.174. The fourth-order valence-corrected chi connectivity index (χ4v) is 0.959. The van der Waals surface area contributed by atoms with E-state index in [4.69, 9.17) is 0 Å². The number of aromatic nitrogens is 1. The van der Waals surface area contributed by atoms with Crippen molar-refractivity contribution in [2.45, 2.75) is 26.7 Å². The molecule has 0 aliphatic heterocycles. The van der Waals surface area contributed by atoms with Gasteiger partial charge in [-0.15, -0.1) is 0 Å². The topological polar surface area (TPSA) is 12.9 Å². The van der Waals surface area contributed by atoms with Crippen molar-refractivity contribution in [1.29, 1.82) is 0 Å². The fraction of sp³-hybridized carbons (Fsp3) is 0.444. The molecular weight excluding hydrogens is 141 g/mol. The largest absolute Gasteiger partial charge is 0.258 e. The molecule has 1 aromatic rings. The summed E-state index contributed by atoms with van der Waals surface area (Å²) in [6.45, 7) is 3.89. The lowest BCUT2D eigenvalue weighted by molar-refractivity contribution is 0.599. The molecule has 0 bridgehead atoms. The van der Waals surface area contributed by atoms with Gasteiger partial charge in [-0.3, -0.25) is 4.98 Å². The van der Waals surface area contributed by atoms with Crippen LogP contribution < -0.4 is 0 Å². The molecule has 0 aliphatic rings. The van der Waals surface area contributed by atoms with Gasteiger partial charge in [0.1, 0.15) is 5.82 Å². The Morgan fingerprint density at radius 2 is 2.09 bits per heavy atom. The molecule has 0 unspecified atom stereocenters. The molecule has 0 saturated carbocycles. The second-order valence-electron chi connectivity index (χ2n) is 2.48. The van der Waals surface area contributed by atoms with Crippen molar-refractivity contribution >= 4 is 0 Å². The van der Waals surface area contributed by atoms with E-state index in [2.05, 4.69) is 4.98 Å². The first-order valence-corrected chi connectivity index (χ1v) is 3.91. The van der Waals surface area contributed by atoms with E-state index in [1.54, 1.807) is 12.3 Å². The molecule has 0 aliphatic carbocycles. The zero-order valence-corrected chi connectivity index (χ0v) is 6.89. The van der Waals surface area contributed by atoms with Crippen LogP contribution in [0, 0.1) is 5.82 Å². The minimum atomic E-state index is -0.174. The van der Waals surface area contributed by atoms with Crippen molar-refractivity contribution in [3.63, 3.8) is 0 Å². The Labute approximate surface area is 66.3 Å². The van der Waals surface area contributed by atoms with Crippen molar-refractivity contribution in [3.8, 4) is 0 Å². The molecule has 0 spiro atoms. The quantitative estimate of drug-likeness (QED) is 0.635. The summed E-state index contributed by atoms with van der Waals surface area (Å²) in [6.07, 6.45) is 3.24. The summed E-state index contributed by atoms with van der Waals surface area (Å²) < 4.78 is 13.0. The number of aryl methyl sites for hydroxylation is 2. The molecule has 2 heteroatoms. The second-order valence-corrected chi connectivity index (χ2v) is 2.48. The van der Waals surface area contributed by atoms with Crippen LogP contribution in [-0.2, 0) is 12.8 Å². The third kappa shape index (κ3) is 1.76. The molecule has 0 amide bonds. The van der Waals surface area contributed by atoms with Crippen molar-refractivity contribution < 1.29 is 4.39 Å². The maximum atomic E-state index is 13.0. The number of hydrogen-bond donors (Lipinski definition) is 0. The number of pyridine rings is 1. The molecule has 1 nitrogen and oxygen atoms in total. The highest BCUT2D eigenvalue weighted by atomic mass is 19.1. The van der Waals surface area contributed by atoms with Gasteiger partial charge in [0.05, 0.1) is 5.69 Å². The Morgan fingerprint density at radius 3 is 2.55 bits per heavy atom. The van der Waals surface area contributed by atoms with Gasteiger partial charge in [-0.25, -0.2) is 4.39 Å². The predicted octanol–water partition coefficient (Wildman–Crippen LogP) is 2.35. The first kappa shape index (κ1) is 8.18. The lowest BCUT2D eigenvalue weighted by atomic mass is 10.2. The zero-order valence-electron chi connectivity index (χ0n) is 6.89. The van der Waals surface area contributed by atoms with E-state index < -0.39 is 0 Å². The van der Waals surface area contributed by atoms with Crippen LogP contribution in [0.2, 0.25) is 0 Å². The lowest BCUT2D eigenvalue weighted by Gasteiger charge is -1.99. The van der Waals surface area contributed by atoms with E-state index >= 15 is 0 Å². The Balaban J connectivity index is 2.99. The van der Waals surface area contributed by atoms with Crippen molar-refractivity contribution in [2.75, 3.05) is 0 Å². The van der Waals surface area contributed by atoms with Crippen LogP contribution in [0.25, 0.3) is 0 Å². The van der Waals surface area contributed by atoms with Crippen LogP contribution in [0.5, 0.6) is 0 Å². The molecule has 0 atom stereocenters. The third-order valence-corrected chi connectivity index (χ3v) is 1.72. The summed E-state index contributed by atoms with van der Waals surface area (Å²) in [7, 11) is 0. The highest BCUT2D eigenvalue weighted by Crippen LogP contribution is 2.07. The molecule has 60 valence electrons. The van der Waals surface area contributed by atoms with Gasteiger partial charge in [0.25, 0.3) is 0 Å². The number of nitrogens with zero attached hydrogens (tertiary/aromatic N) is 1. The van der Waals surface area contributed by atoms with E-state index in [1.807, 2.05) is 13.8 Å². The molecule has 0 saturated heterocycles. The zero-order chi connectivity index (χ0) is 8.27. The van der Waals surface area contributed by atoms with Crippen molar-refractivity contribution in [2.24, 2.45) is 0 Å². The molecule has 1 aromatic heterocycles. The Hall–Kier alpha value is -0.920. The van der Waals surface area contributed by atoms with Gasteiger partial charge in [0.15, 0.2) is 0 Å². The molecule has 0 N–H and O–H groups in total. The molecule has 1 rings (SSSR count). The van der Waals surface area contributed by atoms with Gasteiger partial charge in [0, 0.05) is 6.20 Å². The van der Waals surface area contributed by atoms with Gasteiger partial charge in [-0.05, 0) is 24.5 Å². The standard InChI is InChI=1S/C9H12FN/c1-3-7-5-8(10)9(4-2)11-6-7/h5-6H,3-4H2,1-2H3. The molecule has 0 radical (unpaired) electrons. The van der Waals surface area contributed by atoms with Crippen LogP contribution in [0.15, 0.2) is 12.3 Å². The van der Waals surface area contributed by atoms with Crippen LogP contribution in [0.3, 0.4) is 0 Å².